The maximum absolute atomic E-state index is 12.2. The second kappa shape index (κ2) is 7.29. The molecule has 1 aromatic carbocycles. The van der Waals surface area contributed by atoms with Crippen molar-refractivity contribution >= 4 is 11.9 Å². The number of nitrogens with zero attached hydrogens (tertiary/aromatic N) is 2. The lowest BCUT2D eigenvalue weighted by atomic mass is 10.1. The van der Waals surface area contributed by atoms with Crippen LogP contribution in [0, 0.1) is 12.8 Å². The zero-order valence-electron chi connectivity index (χ0n) is 13.9. The van der Waals surface area contributed by atoms with E-state index >= 15 is 0 Å². The molecule has 0 spiro atoms. The van der Waals surface area contributed by atoms with Crippen molar-refractivity contribution in [2.75, 3.05) is 6.61 Å². The number of nitrogens with one attached hydrogen (secondary N) is 1. The number of benzene rings is 1. The number of amides is 1. The van der Waals surface area contributed by atoms with E-state index in [1.54, 1.807) is 0 Å². The van der Waals surface area contributed by atoms with Gasteiger partial charge in [-0.15, -0.1) is 0 Å². The first-order valence-electron chi connectivity index (χ1n) is 8.09. The van der Waals surface area contributed by atoms with E-state index in [4.69, 9.17) is 9.84 Å². The Morgan fingerprint density at radius 3 is 2.60 bits per heavy atom. The molecule has 0 saturated heterocycles. The molecule has 1 fully saturated rings. The molecule has 1 saturated carbocycles. The molecule has 1 aliphatic carbocycles. The summed E-state index contributed by atoms with van der Waals surface area (Å²) in [5, 5.41) is 11.6. The Labute approximate surface area is 145 Å². The highest BCUT2D eigenvalue weighted by molar-refractivity contribution is 5.92. The van der Waals surface area contributed by atoms with E-state index in [0.29, 0.717) is 19.1 Å². The van der Waals surface area contributed by atoms with Gasteiger partial charge >= 0.3 is 5.97 Å². The molecule has 1 aromatic heterocycles. The van der Waals surface area contributed by atoms with Crippen LogP contribution in [0.1, 0.15) is 44.9 Å². The predicted octanol–water partition coefficient (Wildman–Crippen LogP) is 2.20. The van der Waals surface area contributed by atoms with Crippen molar-refractivity contribution in [3.63, 3.8) is 0 Å². The van der Waals surface area contributed by atoms with Crippen molar-refractivity contribution in [3.8, 4) is 5.75 Å². The average Bonchev–Trinajstić information content (AvgIpc) is 3.43. The quantitative estimate of drug-likeness (QED) is 0.800. The SMILES string of the molecule is Cc1ccc(CNC(=O)c2cnc(C(=O)O)cn2)c(OCC2CC2)c1. The van der Waals surface area contributed by atoms with E-state index in [9.17, 15) is 9.59 Å². The number of hydrogen-bond acceptors (Lipinski definition) is 5. The molecule has 7 heteroatoms. The number of ether oxygens (including phenoxy) is 1. The zero-order valence-corrected chi connectivity index (χ0v) is 13.9. The van der Waals surface area contributed by atoms with Gasteiger partial charge in [0.2, 0.25) is 0 Å². The molecule has 25 heavy (non-hydrogen) atoms. The third kappa shape index (κ3) is 4.53. The highest BCUT2D eigenvalue weighted by Crippen LogP contribution is 2.30. The predicted molar refractivity (Wildman–Crippen MR) is 89.6 cm³/mol. The van der Waals surface area contributed by atoms with Crippen LogP contribution in [-0.4, -0.2) is 33.6 Å². The summed E-state index contributed by atoms with van der Waals surface area (Å²) in [6.07, 6.45) is 4.64. The monoisotopic (exact) mass is 341 g/mol. The fraction of sp³-hybridized carbons (Fsp3) is 0.333. The van der Waals surface area contributed by atoms with Crippen LogP contribution in [0.2, 0.25) is 0 Å². The minimum atomic E-state index is -1.18. The Balaban J connectivity index is 1.63. The number of hydrogen-bond donors (Lipinski definition) is 2. The number of aromatic nitrogens is 2. The third-order valence-electron chi connectivity index (χ3n) is 3.94. The maximum Gasteiger partial charge on any atom is 0.356 e. The minimum absolute atomic E-state index is 0.0672. The van der Waals surface area contributed by atoms with Crippen molar-refractivity contribution < 1.29 is 19.4 Å². The Hall–Kier alpha value is -2.96. The highest BCUT2D eigenvalue weighted by atomic mass is 16.5. The molecular formula is C18H19N3O4. The molecule has 2 N–H and O–H groups in total. The Morgan fingerprint density at radius 1 is 1.24 bits per heavy atom. The first-order valence-corrected chi connectivity index (χ1v) is 8.09. The Bertz CT molecular complexity index is 785. The van der Waals surface area contributed by atoms with Gasteiger partial charge in [-0.25, -0.2) is 14.8 Å². The van der Waals surface area contributed by atoms with Gasteiger partial charge in [-0.05, 0) is 37.3 Å². The number of carboxylic acid groups (broad SMARTS) is 1. The summed E-state index contributed by atoms with van der Waals surface area (Å²) < 4.78 is 5.88. The van der Waals surface area contributed by atoms with Gasteiger partial charge in [0, 0.05) is 12.1 Å². The van der Waals surface area contributed by atoms with Crippen molar-refractivity contribution in [2.45, 2.75) is 26.3 Å². The molecule has 7 nitrogen and oxygen atoms in total. The standard InChI is InChI=1S/C18H19N3O4/c1-11-2-5-13(16(6-11)25-10-12-3-4-12)7-21-17(22)14-8-20-15(9-19-14)18(23)24/h2,5-6,8-9,12H,3-4,7,10H2,1H3,(H,21,22)(H,23,24). The molecule has 1 amide bonds. The second-order valence-corrected chi connectivity index (χ2v) is 6.14. The number of rotatable bonds is 7. The van der Waals surface area contributed by atoms with Crippen LogP contribution in [-0.2, 0) is 6.54 Å². The molecule has 0 bridgehead atoms. The van der Waals surface area contributed by atoms with Crippen LogP contribution in [0.4, 0.5) is 0 Å². The topological polar surface area (TPSA) is 101 Å². The van der Waals surface area contributed by atoms with Crippen LogP contribution < -0.4 is 10.1 Å². The van der Waals surface area contributed by atoms with E-state index in [0.717, 1.165) is 29.3 Å². The van der Waals surface area contributed by atoms with Crippen LogP contribution in [0.3, 0.4) is 0 Å². The van der Waals surface area contributed by atoms with Gasteiger partial charge in [0.15, 0.2) is 5.69 Å². The average molecular weight is 341 g/mol. The van der Waals surface area contributed by atoms with E-state index in [-0.39, 0.29) is 11.4 Å². The summed E-state index contributed by atoms with van der Waals surface area (Å²) in [6.45, 7) is 2.99. The van der Waals surface area contributed by atoms with Crippen molar-refractivity contribution in [1.82, 2.24) is 15.3 Å². The summed E-state index contributed by atoms with van der Waals surface area (Å²) >= 11 is 0. The summed E-state index contributed by atoms with van der Waals surface area (Å²) in [7, 11) is 0. The number of carboxylic acids is 1. The fourth-order valence-electron chi connectivity index (χ4n) is 2.26. The first kappa shape index (κ1) is 16.9. The lowest BCUT2D eigenvalue weighted by Crippen LogP contribution is -2.24. The fourth-order valence-corrected chi connectivity index (χ4v) is 2.26. The number of carbonyl (C=O) groups is 2. The summed E-state index contributed by atoms with van der Waals surface area (Å²) in [5.74, 6) is -0.180. The molecule has 0 aliphatic heterocycles. The van der Waals surface area contributed by atoms with Gasteiger partial charge < -0.3 is 15.2 Å². The minimum Gasteiger partial charge on any atom is -0.493 e. The maximum atomic E-state index is 12.2. The van der Waals surface area contributed by atoms with Gasteiger partial charge in [-0.1, -0.05) is 12.1 Å². The summed E-state index contributed by atoms with van der Waals surface area (Å²) in [6, 6.07) is 5.86. The molecule has 1 aliphatic rings. The smallest absolute Gasteiger partial charge is 0.356 e. The zero-order chi connectivity index (χ0) is 17.8. The summed E-state index contributed by atoms with van der Waals surface area (Å²) in [4.78, 5) is 30.4. The largest absolute Gasteiger partial charge is 0.493 e. The normalized spacial score (nSPS) is 13.3. The number of aryl methyl sites for hydroxylation is 1. The highest BCUT2D eigenvalue weighted by Gasteiger charge is 2.22. The molecule has 1 heterocycles. The van der Waals surface area contributed by atoms with E-state index in [1.807, 2.05) is 25.1 Å². The Morgan fingerprint density at radius 2 is 1.96 bits per heavy atom. The molecule has 0 atom stereocenters. The van der Waals surface area contributed by atoms with Crippen LogP contribution in [0.15, 0.2) is 30.6 Å². The number of aromatic carboxylic acids is 1. The molecule has 0 radical (unpaired) electrons. The third-order valence-corrected chi connectivity index (χ3v) is 3.94. The Kier molecular flexibility index (Phi) is 4.92. The summed E-state index contributed by atoms with van der Waals surface area (Å²) in [5.41, 5.74) is 1.84. The van der Waals surface area contributed by atoms with Gasteiger partial charge in [-0.3, -0.25) is 4.79 Å². The molecule has 3 rings (SSSR count). The van der Waals surface area contributed by atoms with Crippen molar-refractivity contribution in [3.05, 3.63) is 53.1 Å². The molecule has 2 aromatic rings. The van der Waals surface area contributed by atoms with E-state index in [1.165, 1.54) is 12.8 Å². The molecule has 0 unspecified atom stereocenters. The van der Waals surface area contributed by atoms with Crippen LogP contribution in [0.5, 0.6) is 5.75 Å². The van der Waals surface area contributed by atoms with Crippen LogP contribution in [0.25, 0.3) is 0 Å². The van der Waals surface area contributed by atoms with Crippen LogP contribution >= 0.6 is 0 Å². The number of carbonyl (C=O) groups excluding carboxylic acids is 1. The molecule has 130 valence electrons. The van der Waals surface area contributed by atoms with Gasteiger partial charge in [-0.2, -0.15) is 0 Å². The van der Waals surface area contributed by atoms with E-state index in [2.05, 4.69) is 15.3 Å². The lowest BCUT2D eigenvalue weighted by molar-refractivity contribution is 0.0689. The van der Waals surface area contributed by atoms with E-state index < -0.39 is 11.9 Å². The van der Waals surface area contributed by atoms with Gasteiger partial charge in [0.25, 0.3) is 5.91 Å². The van der Waals surface area contributed by atoms with Gasteiger partial charge in [0.05, 0.1) is 19.0 Å². The van der Waals surface area contributed by atoms with Crippen molar-refractivity contribution in [1.29, 1.82) is 0 Å². The molecular weight excluding hydrogens is 322 g/mol. The first-order chi connectivity index (χ1) is 12.0. The van der Waals surface area contributed by atoms with Crippen molar-refractivity contribution in [2.24, 2.45) is 5.92 Å². The van der Waals surface area contributed by atoms with Gasteiger partial charge in [0.1, 0.15) is 11.4 Å². The lowest BCUT2D eigenvalue weighted by Gasteiger charge is -2.13. The second-order valence-electron chi connectivity index (χ2n) is 6.14.